The molecule has 1 aromatic rings. The lowest BCUT2D eigenvalue weighted by atomic mass is 10.4. The molecule has 19 heavy (non-hydrogen) atoms. The Balaban J connectivity index is 2.02. The molecule has 1 heterocycles. The first kappa shape index (κ1) is 14.6. The van der Waals surface area contributed by atoms with Gasteiger partial charge in [-0.15, -0.1) is 11.8 Å². The zero-order chi connectivity index (χ0) is 13.7. The van der Waals surface area contributed by atoms with Crippen LogP contribution in [0.2, 0.25) is 0 Å². The summed E-state index contributed by atoms with van der Waals surface area (Å²) < 4.78 is 19.3. The summed E-state index contributed by atoms with van der Waals surface area (Å²) >= 11 is 1.66. The van der Waals surface area contributed by atoms with E-state index in [0.717, 1.165) is 17.2 Å². The van der Waals surface area contributed by atoms with E-state index in [4.69, 9.17) is 4.74 Å². The molecule has 1 aliphatic heterocycles. The Morgan fingerprint density at radius 3 is 2.89 bits per heavy atom. The standard InChI is InChI=1S/C13H17NO3S2/c1-2-17-13(15)10-12-14(8-9-18-12)19(16)11-6-4-3-5-7-11/h3-7,12H,2,8-10H2,1H3. The molecule has 0 bridgehead atoms. The number of benzene rings is 1. The molecule has 0 radical (unpaired) electrons. The zero-order valence-corrected chi connectivity index (χ0v) is 12.4. The van der Waals surface area contributed by atoms with E-state index in [2.05, 4.69) is 0 Å². The largest absolute Gasteiger partial charge is 0.466 e. The topological polar surface area (TPSA) is 46.6 Å². The maximum absolute atomic E-state index is 12.5. The van der Waals surface area contributed by atoms with Crippen molar-refractivity contribution in [2.24, 2.45) is 0 Å². The number of hydrogen-bond donors (Lipinski definition) is 0. The van der Waals surface area contributed by atoms with Crippen LogP contribution < -0.4 is 0 Å². The van der Waals surface area contributed by atoms with Gasteiger partial charge in [-0.1, -0.05) is 18.2 Å². The predicted octanol–water partition coefficient (Wildman–Crippen LogP) is 2.04. The zero-order valence-electron chi connectivity index (χ0n) is 10.8. The molecule has 2 unspecified atom stereocenters. The third-order valence-electron chi connectivity index (χ3n) is 2.75. The maximum atomic E-state index is 12.5. The van der Waals surface area contributed by atoms with Crippen LogP contribution in [0.1, 0.15) is 13.3 Å². The Hall–Kier alpha value is -0.850. The number of carbonyl (C=O) groups is 1. The minimum Gasteiger partial charge on any atom is -0.466 e. The third-order valence-corrected chi connectivity index (χ3v) is 5.64. The second-order valence-corrected chi connectivity index (χ2v) is 6.76. The second kappa shape index (κ2) is 7.07. The predicted molar refractivity (Wildman–Crippen MR) is 77.1 cm³/mol. The lowest BCUT2D eigenvalue weighted by Gasteiger charge is -2.21. The molecule has 4 nitrogen and oxygen atoms in total. The average Bonchev–Trinajstić information content (AvgIpc) is 2.87. The van der Waals surface area contributed by atoms with Gasteiger partial charge in [-0.3, -0.25) is 4.79 Å². The highest BCUT2D eigenvalue weighted by atomic mass is 32.2. The molecule has 6 heteroatoms. The molecular formula is C13H17NO3S2. The van der Waals surface area contributed by atoms with Gasteiger partial charge in [0.1, 0.15) is 11.0 Å². The van der Waals surface area contributed by atoms with Gasteiger partial charge in [-0.2, -0.15) is 0 Å². The van der Waals surface area contributed by atoms with E-state index in [1.165, 1.54) is 0 Å². The summed E-state index contributed by atoms with van der Waals surface area (Å²) in [5.41, 5.74) is 0. The second-order valence-electron chi connectivity index (χ2n) is 4.04. The van der Waals surface area contributed by atoms with Crippen molar-refractivity contribution in [3.8, 4) is 0 Å². The van der Waals surface area contributed by atoms with Crippen LogP contribution in [0.5, 0.6) is 0 Å². The highest BCUT2D eigenvalue weighted by molar-refractivity contribution is 8.00. The lowest BCUT2D eigenvalue weighted by Crippen LogP contribution is -2.32. The molecule has 0 aliphatic carbocycles. The molecule has 0 amide bonds. The first-order chi connectivity index (χ1) is 9.22. The summed E-state index contributed by atoms with van der Waals surface area (Å²) in [6.45, 7) is 2.91. The van der Waals surface area contributed by atoms with E-state index in [9.17, 15) is 9.00 Å². The molecule has 1 fully saturated rings. The van der Waals surface area contributed by atoms with Gasteiger partial charge in [0.15, 0.2) is 0 Å². The number of nitrogens with zero attached hydrogens (tertiary/aromatic N) is 1. The highest BCUT2D eigenvalue weighted by Crippen LogP contribution is 2.30. The number of hydrogen-bond acceptors (Lipinski definition) is 4. The summed E-state index contributed by atoms with van der Waals surface area (Å²) in [4.78, 5) is 12.3. The third kappa shape index (κ3) is 3.81. The Morgan fingerprint density at radius 1 is 1.47 bits per heavy atom. The van der Waals surface area contributed by atoms with Crippen LogP contribution in [0.25, 0.3) is 0 Å². The van der Waals surface area contributed by atoms with Crippen LogP contribution >= 0.6 is 11.8 Å². The molecule has 1 aliphatic rings. The van der Waals surface area contributed by atoms with Crippen molar-refractivity contribution in [2.45, 2.75) is 23.6 Å². The van der Waals surface area contributed by atoms with Crippen molar-refractivity contribution in [3.05, 3.63) is 30.3 Å². The molecule has 1 aromatic carbocycles. The minimum atomic E-state index is -1.20. The van der Waals surface area contributed by atoms with Crippen molar-refractivity contribution in [2.75, 3.05) is 18.9 Å². The summed E-state index contributed by atoms with van der Waals surface area (Å²) in [7, 11) is -1.20. The molecule has 1 saturated heterocycles. The number of carbonyl (C=O) groups excluding carboxylic acids is 1. The monoisotopic (exact) mass is 299 g/mol. The average molecular weight is 299 g/mol. The molecule has 0 spiro atoms. The number of esters is 1. The molecule has 2 atom stereocenters. The van der Waals surface area contributed by atoms with Crippen LogP contribution in [0.3, 0.4) is 0 Å². The van der Waals surface area contributed by atoms with Gasteiger partial charge in [-0.05, 0) is 19.1 Å². The summed E-state index contributed by atoms with van der Waals surface area (Å²) in [6.07, 6.45) is 0.289. The van der Waals surface area contributed by atoms with Crippen LogP contribution in [0.4, 0.5) is 0 Å². The molecular weight excluding hydrogens is 282 g/mol. The summed E-state index contributed by atoms with van der Waals surface area (Å²) in [5.74, 6) is 0.666. The van der Waals surface area contributed by atoms with Gasteiger partial charge in [0.05, 0.1) is 23.3 Å². The Morgan fingerprint density at radius 2 is 2.21 bits per heavy atom. The Bertz CT molecular complexity index is 452. The highest BCUT2D eigenvalue weighted by Gasteiger charge is 2.32. The van der Waals surface area contributed by atoms with Crippen LogP contribution in [-0.4, -0.2) is 38.8 Å². The fourth-order valence-electron chi connectivity index (χ4n) is 1.89. The van der Waals surface area contributed by atoms with Crippen molar-refractivity contribution in [3.63, 3.8) is 0 Å². The van der Waals surface area contributed by atoms with E-state index in [1.807, 2.05) is 34.6 Å². The number of thioether (sulfide) groups is 1. The van der Waals surface area contributed by atoms with Crippen LogP contribution in [0, 0.1) is 0 Å². The van der Waals surface area contributed by atoms with Gasteiger partial charge in [-0.25, -0.2) is 8.51 Å². The van der Waals surface area contributed by atoms with Crippen LogP contribution in [-0.2, 0) is 20.5 Å². The van der Waals surface area contributed by atoms with E-state index in [-0.39, 0.29) is 17.8 Å². The smallest absolute Gasteiger partial charge is 0.308 e. The van der Waals surface area contributed by atoms with Crippen molar-refractivity contribution >= 4 is 28.7 Å². The normalized spacial score (nSPS) is 21.2. The van der Waals surface area contributed by atoms with E-state index in [0.29, 0.717) is 6.61 Å². The fraction of sp³-hybridized carbons (Fsp3) is 0.462. The number of rotatable bonds is 5. The molecule has 2 rings (SSSR count). The molecule has 0 N–H and O–H groups in total. The first-order valence-electron chi connectivity index (χ1n) is 6.23. The van der Waals surface area contributed by atoms with Crippen molar-refractivity contribution < 1.29 is 13.7 Å². The quantitative estimate of drug-likeness (QED) is 0.781. The van der Waals surface area contributed by atoms with E-state index in [1.54, 1.807) is 18.7 Å². The van der Waals surface area contributed by atoms with Gasteiger partial charge >= 0.3 is 5.97 Å². The molecule has 0 saturated carbocycles. The fourth-order valence-corrected chi connectivity index (χ4v) is 4.73. The maximum Gasteiger partial charge on any atom is 0.308 e. The number of ether oxygens (including phenoxy) is 1. The van der Waals surface area contributed by atoms with Gasteiger partial charge < -0.3 is 4.74 Å². The van der Waals surface area contributed by atoms with Crippen molar-refractivity contribution in [1.29, 1.82) is 0 Å². The Kier molecular flexibility index (Phi) is 5.42. The SMILES string of the molecule is CCOC(=O)CC1SCCN1S(=O)c1ccccc1. The van der Waals surface area contributed by atoms with Gasteiger partial charge in [0, 0.05) is 12.3 Å². The van der Waals surface area contributed by atoms with Crippen molar-refractivity contribution in [1.82, 2.24) is 4.31 Å². The lowest BCUT2D eigenvalue weighted by molar-refractivity contribution is -0.143. The summed E-state index contributed by atoms with van der Waals surface area (Å²) in [5, 5.41) is -0.0555. The summed E-state index contributed by atoms with van der Waals surface area (Å²) in [6, 6.07) is 9.34. The van der Waals surface area contributed by atoms with E-state index < -0.39 is 11.0 Å². The molecule has 0 aromatic heterocycles. The Labute approximate surface area is 120 Å². The van der Waals surface area contributed by atoms with Crippen LogP contribution in [0.15, 0.2) is 35.2 Å². The minimum absolute atomic E-state index is 0.0555. The van der Waals surface area contributed by atoms with E-state index >= 15 is 0 Å². The van der Waals surface area contributed by atoms with Gasteiger partial charge in [0.2, 0.25) is 0 Å². The van der Waals surface area contributed by atoms with Gasteiger partial charge in [0.25, 0.3) is 0 Å². The first-order valence-corrected chi connectivity index (χ1v) is 8.38. The molecule has 104 valence electrons.